The van der Waals surface area contributed by atoms with Gasteiger partial charge in [0.1, 0.15) is 5.75 Å². The van der Waals surface area contributed by atoms with E-state index in [1.54, 1.807) is 7.11 Å². The number of hydrogen-bond donors (Lipinski definition) is 1. The van der Waals surface area contributed by atoms with Crippen molar-refractivity contribution in [3.8, 4) is 5.75 Å². The van der Waals surface area contributed by atoms with Gasteiger partial charge in [-0.25, -0.2) is 0 Å². The summed E-state index contributed by atoms with van der Waals surface area (Å²) in [7, 11) is 1.76. The normalized spacial score (nSPS) is 24.5. The molecule has 0 radical (unpaired) electrons. The molecule has 0 fully saturated rings. The lowest BCUT2D eigenvalue weighted by molar-refractivity contribution is 0.291. The molecule has 0 aliphatic carbocycles. The maximum Gasteiger partial charge on any atom is 0.132 e. The molecule has 0 bridgehead atoms. The van der Waals surface area contributed by atoms with E-state index in [1.807, 2.05) is 11.8 Å². The Labute approximate surface area is 136 Å². The highest BCUT2D eigenvalue weighted by molar-refractivity contribution is 7.99. The summed E-state index contributed by atoms with van der Waals surface area (Å²) >= 11 is 1.94. The summed E-state index contributed by atoms with van der Waals surface area (Å²) in [5.74, 6) is 2.69. The van der Waals surface area contributed by atoms with E-state index in [0.717, 1.165) is 11.5 Å². The third kappa shape index (κ3) is 1.88. The first-order chi connectivity index (χ1) is 10.6. The highest BCUT2D eigenvalue weighted by Crippen LogP contribution is 2.55. The fourth-order valence-corrected chi connectivity index (χ4v) is 5.53. The molecule has 2 heterocycles. The Morgan fingerprint density at radius 3 is 2.77 bits per heavy atom. The second-order valence-corrected chi connectivity index (χ2v) is 7.72. The maximum atomic E-state index is 5.57. The molecule has 2 nitrogen and oxygen atoms in total. The molecule has 0 saturated heterocycles. The van der Waals surface area contributed by atoms with Crippen molar-refractivity contribution in [2.24, 2.45) is 5.92 Å². The molecular weight excluding hydrogens is 290 g/mol. The van der Waals surface area contributed by atoms with Gasteiger partial charge in [0.15, 0.2) is 0 Å². The van der Waals surface area contributed by atoms with Gasteiger partial charge in [-0.05, 0) is 28.7 Å². The lowest BCUT2D eigenvalue weighted by Gasteiger charge is -2.48. The summed E-state index contributed by atoms with van der Waals surface area (Å²) in [6.07, 6.45) is 0. The molecule has 2 aromatic carbocycles. The Kier molecular flexibility index (Phi) is 3.15. The molecule has 2 aliphatic rings. The van der Waals surface area contributed by atoms with E-state index in [2.05, 4.69) is 61.6 Å². The first-order valence-corrected chi connectivity index (χ1v) is 8.77. The van der Waals surface area contributed by atoms with E-state index in [9.17, 15) is 0 Å². The standard InChI is InChI=1S/C19H21NOS/c1-19(2)13-8-4-5-9-15(13)20-17-12-7-6-10-16(21-3)18(12)22-11-14(17)19/h4-10,14,17,20H,11H2,1-3H3/t14-,17+/m1/s1. The van der Waals surface area contributed by atoms with Crippen LogP contribution in [0.15, 0.2) is 47.4 Å². The topological polar surface area (TPSA) is 21.3 Å². The van der Waals surface area contributed by atoms with Gasteiger partial charge in [0.2, 0.25) is 0 Å². The molecule has 2 aliphatic heterocycles. The first-order valence-electron chi connectivity index (χ1n) is 7.78. The van der Waals surface area contributed by atoms with Gasteiger partial charge in [0.05, 0.1) is 18.0 Å². The minimum Gasteiger partial charge on any atom is -0.496 e. The van der Waals surface area contributed by atoms with Crippen LogP contribution in [-0.4, -0.2) is 12.9 Å². The van der Waals surface area contributed by atoms with Crippen LogP contribution in [0.25, 0.3) is 0 Å². The number of anilines is 1. The zero-order valence-corrected chi connectivity index (χ0v) is 14.0. The fourth-order valence-electron chi connectivity index (χ4n) is 3.92. The average molecular weight is 311 g/mol. The fraction of sp³-hybridized carbons (Fsp3) is 0.368. The van der Waals surface area contributed by atoms with E-state index < -0.39 is 0 Å². The highest BCUT2D eigenvalue weighted by Gasteiger charge is 2.45. The van der Waals surface area contributed by atoms with Crippen molar-refractivity contribution >= 4 is 17.4 Å². The highest BCUT2D eigenvalue weighted by atomic mass is 32.2. The van der Waals surface area contributed by atoms with Crippen LogP contribution in [0.1, 0.15) is 31.0 Å². The van der Waals surface area contributed by atoms with Crippen molar-refractivity contribution in [1.82, 2.24) is 0 Å². The summed E-state index contributed by atoms with van der Waals surface area (Å²) in [5.41, 5.74) is 4.25. The Bertz CT molecular complexity index is 725. The minimum absolute atomic E-state index is 0.167. The van der Waals surface area contributed by atoms with Crippen molar-refractivity contribution in [1.29, 1.82) is 0 Å². The molecule has 0 aromatic heterocycles. The SMILES string of the molecule is COc1cccc2c1SC[C@@H]1[C@H]2Nc2ccccc2C1(C)C. The largest absolute Gasteiger partial charge is 0.496 e. The third-order valence-corrected chi connectivity index (χ3v) is 6.48. The number of hydrogen-bond acceptors (Lipinski definition) is 3. The zero-order valence-electron chi connectivity index (χ0n) is 13.2. The molecule has 4 rings (SSSR count). The number of benzene rings is 2. The van der Waals surface area contributed by atoms with E-state index in [1.165, 1.54) is 21.7 Å². The number of nitrogens with one attached hydrogen (secondary N) is 1. The van der Waals surface area contributed by atoms with Crippen molar-refractivity contribution in [3.63, 3.8) is 0 Å². The number of para-hydroxylation sites is 1. The monoisotopic (exact) mass is 311 g/mol. The average Bonchev–Trinajstić information content (AvgIpc) is 2.54. The Balaban J connectivity index is 1.87. The predicted molar refractivity (Wildman–Crippen MR) is 93.0 cm³/mol. The number of fused-ring (bicyclic) bond motifs is 4. The molecule has 0 unspecified atom stereocenters. The Hall–Kier alpha value is -1.61. The molecule has 0 spiro atoms. The molecule has 0 saturated carbocycles. The molecular formula is C19H21NOS. The number of rotatable bonds is 1. The second-order valence-electron chi connectivity index (χ2n) is 6.69. The second kappa shape index (κ2) is 4.95. The van der Waals surface area contributed by atoms with Crippen molar-refractivity contribution in [2.45, 2.75) is 30.2 Å². The van der Waals surface area contributed by atoms with Crippen molar-refractivity contribution in [2.75, 3.05) is 18.2 Å². The lowest BCUT2D eigenvalue weighted by Crippen LogP contribution is -2.44. The van der Waals surface area contributed by atoms with Crippen LogP contribution < -0.4 is 10.1 Å². The van der Waals surface area contributed by atoms with Crippen LogP contribution >= 0.6 is 11.8 Å². The predicted octanol–water partition coefficient (Wildman–Crippen LogP) is 4.86. The van der Waals surface area contributed by atoms with Crippen molar-refractivity contribution < 1.29 is 4.74 Å². The van der Waals surface area contributed by atoms with Crippen LogP contribution in [0, 0.1) is 5.92 Å². The van der Waals surface area contributed by atoms with Gasteiger partial charge in [-0.15, -0.1) is 11.8 Å². The number of methoxy groups -OCH3 is 1. The molecule has 0 amide bonds. The smallest absolute Gasteiger partial charge is 0.132 e. The van der Waals surface area contributed by atoms with Crippen LogP contribution in [0.4, 0.5) is 5.69 Å². The third-order valence-electron chi connectivity index (χ3n) is 5.23. The Morgan fingerprint density at radius 1 is 1.14 bits per heavy atom. The van der Waals surface area contributed by atoms with Gasteiger partial charge < -0.3 is 10.1 Å². The van der Waals surface area contributed by atoms with Gasteiger partial charge in [0, 0.05) is 17.4 Å². The summed E-state index contributed by atoms with van der Waals surface area (Å²) in [5, 5.41) is 3.79. The molecule has 2 atom stereocenters. The summed E-state index contributed by atoms with van der Waals surface area (Å²) in [6, 6.07) is 15.5. The van der Waals surface area contributed by atoms with E-state index >= 15 is 0 Å². The zero-order chi connectivity index (χ0) is 15.3. The van der Waals surface area contributed by atoms with Gasteiger partial charge in [-0.1, -0.05) is 44.2 Å². The van der Waals surface area contributed by atoms with Crippen molar-refractivity contribution in [3.05, 3.63) is 53.6 Å². The number of ether oxygens (including phenoxy) is 1. The molecule has 1 N–H and O–H groups in total. The summed E-state index contributed by atoms with van der Waals surface area (Å²) < 4.78 is 5.57. The van der Waals surface area contributed by atoms with Gasteiger partial charge in [0.25, 0.3) is 0 Å². The van der Waals surface area contributed by atoms with Gasteiger partial charge in [-0.3, -0.25) is 0 Å². The van der Waals surface area contributed by atoms with Crippen LogP contribution in [0.5, 0.6) is 5.75 Å². The van der Waals surface area contributed by atoms with E-state index in [4.69, 9.17) is 4.74 Å². The van der Waals surface area contributed by atoms with Gasteiger partial charge in [-0.2, -0.15) is 0 Å². The quantitative estimate of drug-likeness (QED) is 0.812. The molecule has 2 aromatic rings. The van der Waals surface area contributed by atoms with E-state index in [0.29, 0.717) is 12.0 Å². The Morgan fingerprint density at radius 2 is 1.95 bits per heavy atom. The lowest BCUT2D eigenvalue weighted by atomic mass is 9.66. The van der Waals surface area contributed by atoms with Gasteiger partial charge >= 0.3 is 0 Å². The van der Waals surface area contributed by atoms with Crippen LogP contribution in [0.3, 0.4) is 0 Å². The molecule has 114 valence electrons. The number of thioether (sulfide) groups is 1. The molecule has 22 heavy (non-hydrogen) atoms. The van der Waals surface area contributed by atoms with E-state index in [-0.39, 0.29) is 5.41 Å². The summed E-state index contributed by atoms with van der Waals surface area (Å²) in [6.45, 7) is 4.77. The van der Waals surface area contributed by atoms with Crippen LogP contribution in [0.2, 0.25) is 0 Å². The minimum atomic E-state index is 0.167. The molecule has 3 heteroatoms. The summed E-state index contributed by atoms with van der Waals surface area (Å²) in [4.78, 5) is 1.30. The van der Waals surface area contributed by atoms with Crippen LogP contribution in [-0.2, 0) is 5.41 Å². The maximum absolute atomic E-state index is 5.57. The first kappa shape index (κ1) is 14.0.